The van der Waals surface area contributed by atoms with Crippen molar-refractivity contribution in [3.8, 4) is 0 Å². The van der Waals surface area contributed by atoms with Gasteiger partial charge in [0.2, 0.25) is 11.8 Å². The average molecular weight is 445 g/mol. The lowest BCUT2D eigenvalue weighted by molar-refractivity contribution is -0.179. The van der Waals surface area contributed by atoms with Crippen LogP contribution in [-0.4, -0.2) is 92.0 Å². The van der Waals surface area contributed by atoms with Gasteiger partial charge >= 0.3 is 0 Å². The SMILES string of the molecule is NC(=O)C1CCN(C(=O)C2CCCN(S(=O)(=O)N3CCC4(CC3)OCCO4)C2)CC1. The van der Waals surface area contributed by atoms with Gasteiger partial charge in [0, 0.05) is 58.0 Å². The summed E-state index contributed by atoms with van der Waals surface area (Å²) < 4.78 is 40.7. The van der Waals surface area contributed by atoms with Gasteiger partial charge in [-0.15, -0.1) is 0 Å². The molecule has 4 saturated heterocycles. The minimum absolute atomic E-state index is 0.0110. The Balaban J connectivity index is 1.34. The van der Waals surface area contributed by atoms with E-state index in [0.717, 1.165) is 0 Å². The molecule has 170 valence electrons. The van der Waals surface area contributed by atoms with Crippen LogP contribution in [0.3, 0.4) is 0 Å². The van der Waals surface area contributed by atoms with Gasteiger partial charge in [0.25, 0.3) is 10.2 Å². The van der Waals surface area contributed by atoms with Crippen LogP contribution in [0.5, 0.6) is 0 Å². The molecule has 1 spiro atoms. The third-order valence-electron chi connectivity index (χ3n) is 6.89. The van der Waals surface area contributed by atoms with Crippen LogP contribution in [0, 0.1) is 11.8 Å². The number of piperidine rings is 3. The first-order valence-corrected chi connectivity index (χ1v) is 12.3. The maximum absolute atomic E-state index is 13.2. The molecule has 4 aliphatic rings. The molecule has 30 heavy (non-hydrogen) atoms. The van der Waals surface area contributed by atoms with Crippen LogP contribution in [0.4, 0.5) is 0 Å². The quantitative estimate of drug-likeness (QED) is 0.624. The molecule has 0 aromatic heterocycles. The molecule has 4 aliphatic heterocycles. The van der Waals surface area contributed by atoms with Crippen molar-refractivity contribution in [1.29, 1.82) is 0 Å². The number of ether oxygens (including phenoxy) is 2. The van der Waals surface area contributed by atoms with E-state index in [-0.39, 0.29) is 30.2 Å². The Labute approximate surface area is 177 Å². The van der Waals surface area contributed by atoms with E-state index in [4.69, 9.17) is 15.2 Å². The number of rotatable bonds is 4. The number of carbonyl (C=O) groups excluding carboxylic acids is 2. The fraction of sp³-hybridized carbons (Fsp3) is 0.895. The molecule has 0 saturated carbocycles. The molecule has 1 atom stereocenters. The second kappa shape index (κ2) is 8.70. The van der Waals surface area contributed by atoms with Gasteiger partial charge < -0.3 is 20.1 Å². The summed E-state index contributed by atoms with van der Waals surface area (Å²) in [7, 11) is -3.62. The average Bonchev–Trinajstić information content (AvgIpc) is 3.21. The fourth-order valence-corrected chi connectivity index (χ4v) is 6.70. The first kappa shape index (κ1) is 21.9. The van der Waals surface area contributed by atoms with Crippen molar-refractivity contribution < 1.29 is 27.5 Å². The summed E-state index contributed by atoms with van der Waals surface area (Å²) in [6, 6.07) is 0. The van der Waals surface area contributed by atoms with E-state index in [1.54, 1.807) is 4.90 Å². The van der Waals surface area contributed by atoms with Crippen LogP contribution in [0.1, 0.15) is 38.5 Å². The predicted molar refractivity (Wildman–Crippen MR) is 107 cm³/mol. The Morgan fingerprint density at radius 2 is 1.50 bits per heavy atom. The molecule has 4 fully saturated rings. The van der Waals surface area contributed by atoms with Crippen molar-refractivity contribution >= 4 is 22.0 Å². The fourth-order valence-electron chi connectivity index (χ4n) is 5.00. The largest absolute Gasteiger partial charge is 0.369 e. The summed E-state index contributed by atoms with van der Waals surface area (Å²) in [5.41, 5.74) is 5.37. The van der Waals surface area contributed by atoms with Crippen LogP contribution in [0.25, 0.3) is 0 Å². The normalized spacial score (nSPS) is 29.3. The number of carbonyl (C=O) groups is 2. The summed E-state index contributed by atoms with van der Waals surface area (Å²) >= 11 is 0. The summed E-state index contributed by atoms with van der Waals surface area (Å²) in [5, 5.41) is 0. The van der Waals surface area contributed by atoms with Crippen molar-refractivity contribution in [2.45, 2.75) is 44.3 Å². The first-order valence-electron chi connectivity index (χ1n) is 10.9. The van der Waals surface area contributed by atoms with Gasteiger partial charge in [0.05, 0.1) is 19.1 Å². The Morgan fingerprint density at radius 3 is 2.10 bits per heavy atom. The zero-order chi connectivity index (χ0) is 21.4. The minimum Gasteiger partial charge on any atom is -0.369 e. The molecule has 0 aliphatic carbocycles. The van der Waals surface area contributed by atoms with E-state index in [1.807, 2.05) is 0 Å². The molecule has 0 bridgehead atoms. The van der Waals surface area contributed by atoms with Gasteiger partial charge in [-0.25, -0.2) is 0 Å². The Bertz CT molecular complexity index is 751. The van der Waals surface area contributed by atoms with E-state index < -0.39 is 16.0 Å². The number of hydrogen-bond donors (Lipinski definition) is 1. The predicted octanol–water partition coefficient (Wildman–Crippen LogP) is -0.494. The second-order valence-corrected chi connectivity index (χ2v) is 10.6. The molecule has 2 N–H and O–H groups in total. The monoisotopic (exact) mass is 444 g/mol. The highest BCUT2D eigenvalue weighted by atomic mass is 32.2. The smallest absolute Gasteiger partial charge is 0.282 e. The lowest BCUT2D eigenvalue weighted by atomic mass is 9.93. The zero-order valence-electron chi connectivity index (χ0n) is 17.3. The van der Waals surface area contributed by atoms with Crippen molar-refractivity contribution in [2.75, 3.05) is 52.5 Å². The van der Waals surface area contributed by atoms with E-state index in [0.29, 0.717) is 84.5 Å². The molecular formula is C19H32N4O6S. The molecule has 2 amide bonds. The Hall–Kier alpha value is -1.27. The maximum Gasteiger partial charge on any atom is 0.282 e. The lowest BCUT2D eigenvalue weighted by Crippen LogP contribution is -2.55. The molecular weight excluding hydrogens is 412 g/mol. The number of amides is 2. The molecule has 0 aromatic carbocycles. The van der Waals surface area contributed by atoms with Crippen LogP contribution in [0.15, 0.2) is 0 Å². The Morgan fingerprint density at radius 1 is 0.867 bits per heavy atom. The van der Waals surface area contributed by atoms with E-state index >= 15 is 0 Å². The van der Waals surface area contributed by atoms with Gasteiger partial charge in [0.15, 0.2) is 5.79 Å². The van der Waals surface area contributed by atoms with E-state index in [1.165, 1.54) is 8.61 Å². The highest BCUT2D eigenvalue weighted by Gasteiger charge is 2.45. The number of primary amides is 1. The zero-order valence-corrected chi connectivity index (χ0v) is 18.1. The molecule has 11 heteroatoms. The Kier molecular flexibility index (Phi) is 6.36. The van der Waals surface area contributed by atoms with Crippen molar-refractivity contribution in [3.05, 3.63) is 0 Å². The number of hydrogen-bond acceptors (Lipinski definition) is 6. The van der Waals surface area contributed by atoms with Crippen molar-refractivity contribution in [3.63, 3.8) is 0 Å². The third kappa shape index (κ3) is 4.36. The minimum atomic E-state index is -3.62. The van der Waals surface area contributed by atoms with E-state index in [9.17, 15) is 18.0 Å². The van der Waals surface area contributed by atoms with Gasteiger partial charge in [-0.2, -0.15) is 17.0 Å². The molecule has 0 radical (unpaired) electrons. The van der Waals surface area contributed by atoms with Gasteiger partial charge in [0.1, 0.15) is 0 Å². The molecule has 10 nitrogen and oxygen atoms in total. The third-order valence-corrected chi connectivity index (χ3v) is 8.89. The topological polar surface area (TPSA) is 122 Å². The number of nitrogens with two attached hydrogens (primary N) is 1. The van der Waals surface area contributed by atoms with Gasteiger partial charge in [-0.1, -0.05) is 0 Å². The van der Waals surface area contributed by atoms with E-state index in [2.05, 4.69) is 0 Å². The second-order valence-electron chi connectivity index (χ2n) is 8.71. The molecule has 0 aromatic rings. The highest BCUT2D eigenvalue weighted by molar-refractivity contribution is 7.86. The summed E-state index contributed by atoms with van der Waals surface area (Å²) in [6.07, 6.45) is 3.56. The van der Waals surface area contributed by atoms with Crippen LogP contribution in [0.2, 0.25) is 0 Å². The molecule has 1 unspecified atom stereocenters. The van der Waals surface area contributed by atoms with Gasteiger partial charge in [-0.05, 0) is 25.7 Å². The number of likely N-dealkylation sites (tertiary alicyclic amines) is 1. The highest BCUT2D eigenvalue weighted by Crippen LogP contribution is 2.33. The lowest BCUT2D eigenvalue weighted by Gasteiger charge is -2.41. The van der Waals surface area contributed by atoms with Crippen molar-refractivity contribution in [1.82, 2.24) is 13.5 Å². The number of nitrogens with zero attached hydrogens (tertiary/aromatic N) is 3. The summed E-state index contributed by atoms with van der Waals surface area (Å²) in [5.74, 6) is -1.45. The molecule has 4 heterocycles. The van der Waals surface area contributed by atoms with Crippen molar-refractivity contribution in [2.24, 2.45) is 17.6 Å². The molecule has 4 rings (SSSR count). The van der Waals surface area contributed by atoms with Gasteiger partial charge in [-0.3, -0.25) is 9.59 Å². The summed E-state index contributed by atoms with van der Waals surface area (Å²) in [4.78, 5) is 26.1. The van der Waals surface area contributed by atoms with Crippen LogP contribution < -0.4 is 5.73 Å². The van der Waals surface area contributed by atoms with Crippen LogP contribution >= 0.6 is 0 Å². The van der Waals surface area contributed by atoms with Crippen LogP contribution in [-0.2, 0) is 29.3 Å². The standard InChI is InChI=1S/C19H32N4O6S/c20-17(24)15-3-8-21(9-4-15)18(25)16-2-1-7-23(14-16)30(26,27)22-10-5-19(6-11-22)28-12-13-29-19/h15-16H,1-14H2,(H2,20,24). The maximum atomic E-state index is 13.2. The summed E-state index contributed by atoms with van der Waals surface area (Å²) in [6.45, 7) is 3.48. The first-order chi connectivity index (χ1) is 14.3.